The first-order chi connectivity index (χ1) is 67.3. The van der Waals surface area contributed by atoms with Crippen molar-refractivity contribution in [3.63, 3.8) is 0 Å². The maximum atomic E-state index is 17.2. The van der Waals surface area contributed by atoms with Crippen LogP contribution in [-0.4, -0.2) is 262 Å². The maximum absolute atomic E-state index is 17.2. The highest BCUT2D eigenvalue weighted by Gasteiger charge is 2.56. The van der Waals surface area contributed by atoms with Crippen LogP contribution in [-0.2, 0) is 79.0 Å². The fourth-order valence-corrected chi connectivity index (χ4v) is 18.7. The molecule has 0 spiro atoms. The summed E-state index contributed by atoms with van der Waals surface area (Å²) in [6.45, 7) is 3.28. The van der Waals surface area contributed by atoms with Gasteiger partial charge in [0.05, 0.1) is 23.3 Å². The summed E-state index contributed by atoms with van der Waals surface area (Å²) in [7, 11) is 0. The molecule has 3 fully saturated rings. The van der Waals surface area contributed by atoms with Crippen LogP contribution in [0.2, 0.25) is 10.0 Å². The van der Waals surface area contributed by atoms with Crippen LogP contribution in [0.25, 0.3) is 21.6 Å². The van der Waals surface area contributed by atoms with Crippen LogP contribution in [0.15, 0.2) is 120 Å². The summed E-state index contributed by atoms with van der Waals surface area (Å²) in [5.74, 6) is -20.2. The van der Waals surface area contributed by atoms with Crippen LogP contribution < -0.4 is 72.5 Å². The number of benzene rings is 7. The second kappa shape index (κ2) is 44.0. The lowest BCUT2D eigenvalue weighted by Gasteiger charge is -2.44. The van der Waals surface area contributed by atoms with E-state index in [0.717, 1.165) is 111 Å². The summed E-state index contributed by atoms with van der Waals surface area (Å²) in [5.41, 5.74) is 11.4. The number of nitrogens with two attached hydrogens (primary N) is 1. The number of phenolic OH excluding ortho intramolecular Hbond substituents is 3. The highest BCUT2D eigenvalue weighted by atomic mass is 35.5. The van der Waals surface area contributed by atoms with Gasteiger partial charge < -0.3 is 168 Å². The van der Waals surface area contributed by atoms with Gasteiger partial charge >= 0.3 is 5.97 Å². The lowest BCUT2D eigenvalue weighted by molar-refractivity contribution is -0.355. The van der Waals surface area contributed by atoms with Crippen molar-refractivity contribution in [1.82, 2.24) is 47.9 Å². The van der Waals surface area contributed by atoms with Gasteiger partial charge in [-0.2, -0.15) is 0 Å². The number of aliphatic carboxylic acids is 1. The minimum Gasteiger partial charge on any atom is -0.508 e. The summed E-state index contributed by atoms with van der Waals surface area (Å²) >= 11 is 14.9. The van der Waals surface area contributed by atoms with Crippen molar-refractivity contribution >= 4 is 76.4 Å². The van der Waals surface area contributed by atoms with E-state index >= 15 is 24.0 Å². The highest BCUT2D eigenvalue weighted by Crippen LogP contribution is 2.55. The van der Waals surface area contributed by atoms with Crippen molar-refractivity contribution in [2.75, 3.05) is 32.8 Å². The zero-order valence-electron chi connectivity index (χ0n) is 75.7. The average Bonchev–Trinajstić information content (AvgIpc) is 1.55. The van der Waals surface area contributed by atoms with Crippen molar-refractivity contribution in [1.29, 1.82) is 0 Å². The van der Waals surface area contributed by atoms with Gasteiger partial charge in [-0.25, -0.2) is 4.79 Å². The Morgan fingerprint density at radius 2 is 1.16 bits per heavy atom. The lowest BCUT2D eigenvalue weighted by atomic mass is 9.90. The van der Waals surface area contributed by atoms with Crippen LogP contribution in [0, 0.1) is 5.92 Å². The SMILES string of the molecule is CC(=O)N[C@H]1[C@H](O[C@@H]2c3ccc(c(Cl)c3)Oc3cc4cc(c3O[C@@H]3O[C@H](CNCCCCCN=[N+]=[N-])[C@@H](O)[C@H](O)[C@H]3NC(=O)CCCCCCC(C)C)Oc3ccc(cc3Cl)C[C@H]3NC(=O)[C@H](N)c5ccc(O)c(c5)Oc5cc(O)cc(c5)[C@H](NC3=O)C(=O)N[C@H]4C(=O)N[C@H]3C(=O)N[C@@H]2C(=O)N[C@H](C(=O)O)c2cc(O)cc4c2-c2cc3ccc2C4(O)O[C@H]2O[C@H](CO)[C@@H](O)[C@H](O)[C@@H]2O)O[C@H](CO)[C@@H](O)[C@@H]1O. The molecular weight excluding hydrogens is 1890 g/mol. The van der Waals surface area contributed by atoms with E-state index in [1.807, 2.05) is 0 Å². The molecule has 9 aliphatic heterocycles. The molecule has 0 saturated carbocycles. The molecule has 3 saturated heterocycles. The van der Waals surface area contributed by atoms with E-state index in [2.05, 4.69) is 71.7 Å². The van der Waals surface area contributed by atoms with Crippen molar-refractivity contribution in [2.45, 2.75) is 231 Å². The van der Waals surface area contributed by atoms with Crippen molar-refractivity contribution in [2.24, 2.45) is 16.8 Å². The molecule has 17 bridgehead atoms. The third-order valence-electron chi connectivity index (χ3n) is 25.6. The molecule has 0 aromatic heterocycles. The topological polar surface area (TPSA) is 703 Å². The Morgan fingerprint density at radius 3 is 1.83 bits per heavy atom. The van der Waals surface area contributed by atoms with E-state index in [1.54, 1.807) is 0 Å². The molecule has 17 rings (SSSR count). The van der Waals surface area contributed by atoms with Crippen molar-refractivity contribution in [3.8, 4) is 68.6 Å². The number of amides is 8. The second-order valence-electron chi connectivity index (χ2n) is 35.9. The number of nitrogens with one attached hydrogen (secondary N) is 9. The molecule has 25 N–H and O–H groups in total. The largest absolute Gasteiger partial charge is 0.508 e. The van der Waals surface area contributed by atoms with E-state index in [1.165, 1.54) is 30.3 Å². The molecular formula is C94H107Cl2N13O32. The smallest absolute Gasteiger partial charge is 0.330 e. The number of ether oxygens (including phenoxy) is 9. The minimum absolute atomic E-state index is 0.0304. The normalized spacial score (nSPS) is 29.0. The predicted molar refractivity (Wildman–Crippen MR) is 489 cm³/mol. The number of unbranched alkanes of at least 4 members (excludes halogenated alkanes) is 5. The van der Waals surface area contributed by atoms with E-state index in [-0.39, 0.29) is 76.1 Å². The molecule has 45 nitrogen and oxygen atoms in total. The molecule has 24 atom stereocenters. The molecule has 7 aromatic rings. The minimum atomic E-state index is -3.18. The average molecular weight is 2000 g/mol. The third kappa shape index (κ3) is 22.4. The summed E-state index contributed by atoms with van der Waals surface area (Å²) in [6.07, 6.45) is -23.7. The van der Waals surface area contributed by atoms with E-state index in [9.17, 15) is 90.7 Å². The van der Waals surface area contributed by atoms with E-state index in [4.69, 9.17) is 77.1 Å². The summed E-state index contributed by atoms with van der Waals surface area (Å²) in [6, 6.07) is 1.75. The molecule has 9 heterocycles. The number of aliphatic hydroxyl groups excluding tert-OH is 9. The van der Waals surface area contributed by atoms with Gasteiger partial charge in [0.1, 0.15) is 144 Å². The van der Waals surface area contributed by atoms with Gasteiger partial charge in [0.2, 0.25) is 65.1 Å². The fraction of sp³-hybridized carbons (Fsp3) is 0.457. The van der Waals surface area contributed by atoms with E-state index in [0.29, 0.717) is 38.0 Å². The summed E-state index contributed by atoms with van der Waals surface area (Å²) in [5, 5.41) is 190. The standard InChI is InChI=1S/C94H107Cl2N13O32/c1-38(2)11-7-4-5-8-12-65(116)103-73-79(121)75(117)62(35-99-21-9-6-10-22-100-109-98)136-92(73)140-83-60-30-45-31-61(83)135-58-20-16-43(28-54(58)96)82(139-91-72(101-39(3)112)78(120)76(118)63(36-110)137-91)74-89(129)107-71(90(130)131)50-33-47(114)34-52-66(50)49-27-42(14-17-51(49)94(52,132)141-93-81(123)80(122)77(119)64(37-111)138-93)68(86(126)108-74)105-88(128)70(45)106-87(127)69-44-25-46(113)32-48(26-44)133-59-29-41(15-18-56(59)115)67(97)85(125)102-55(84(124)104-69)24-40-13-19-57(134-60)53(95)23-40/h13-20,23,25-34,38,55,62-64,67-82,91-93,99,110-111,113-115,117-123,132H,4-12,21-22,24,35-37,97H2,1-3H3,(H,101,112)(H,102,125)(H,103,116)(H,104,124)(H,105,128)(H,106,127)(H,107,129)(H,108,126)(H,130,131)/t55-,62-,63-,64-,67-,68-,69+,70-,71+,72-,73-,74+,75-,76-,77-,78-,79-,80+,81+,82-,91+,92+,93-,94?/m1/s1. The summed E-state index contributed by atoms with van der Waals surface area (Å²) in [4.78, 5) is 143. The molecule has 7 aromatic carbocycles. The van der Waals surface area contributed by atoms with Crippen molar-refractivity contribution < 1.29 is 157 Å². The monoisotopic (exact) mass is 2000 g/mol. The van der Waals surface area contributed by atoms with Gasteiger partial charge in [-0.3, -0.25) is 38.4 Å². The van der Waals surface area contributed by atoms with Gasteiger partial charge in [-0.05, 0) is 166 Å². The number of carbonyl (C=O) groups excluding carboxylic acids is 8. The number of nitrogens with zero attached hydrogens (tertiary/aromatic N) is 3. The Kier molecular flexibility index (Phi) is 32.1. The number of carboxylic acids is 1. The third-order valence-corrected chi connectivity index (χ3v) is 26.1. The molecule has 47 heteroatoms. The number of carbonyl (C=O) groups is 9. The maximum Gasteiger partial charge on any atom is 0.330 e. The first kappa shape index (κ1) is 103. The zero-order valence-corrected chi connectivity index (χ0v) is 77.2. The number of phenols is 3. The Balaban J connectivity index is 0.984. The number of carboxylic acid groups (broad SMARTS) is 1. The number of rotatable bonds is 26. The molecule has 0 radical (unpaired) electrons. The van der Waals surface area contributed by atoms with Crippen LogP contribution in [0.4, 0.5) is 0 Å². The predicted octanol–water partition coefficient (Wildman–Crippen LogP) is 2.54. The van der Waals surface area contributed by atoms with Crippen molar-refractivity contribution in [3.05, 3.63) is 186 Å². The van der Waals surface area contributed by atoms with Gasteiger partial charge in [0.15, 0.2) is 41.6 Å². The van der Waals surface area contributed by atoms with Crippen LogP contribution >= 0.6 is 23.2 Å². The quantitative estimate of drug-likeness (QED) is 0.0122. The van der Waals surface area contributed by atoms with Gasteiger partial charge in [-0.1, -0.05) is 105 Å². The molecule has 1 unspecified atom stereocenters. The first-order valence-corrected chi connectivity index (χ1v) is 46.3. The number of aliphatic hydroxyl groups is 10. The summed E-state index contributed by atoms with van der Waals surface area (Å²) < 4.78 is 58.7. The molecule has 754 valence electrons. The second-order valence-corrected chi connectivity index (χ2v) is 36.8. The van der Waals surface area contributed by atoms with Crippen LogP contribution in [0.5, 0.6) is 57.5 Å². The highest BCUT2D eigenvalue weighted by molar-refractivity contribution is 6.32. The molecule has 10 aliphatic rings. The van der Waals surface area contributed by atoms with Crippen LogP contribution in [0.1, 0.15) is 165 Å². The number of aromatic hydroxyl groups is 3. The fourth-order valence-electron chi connectivity index (χ4n) is 18.2. The van der Waals surface area contributed by atoms with Crippen LogP contribution in [0.3, 0.4) is 0 Å². The Labute approximate surface area is 812 Å². The Morgan fingerprint density at radius 1 is 0.567 bits per heavy atom. The first-order valence-electron chi connectivity index (χ1n) is 45.6. The lowest BCUT2D eigenvalue weighted by Crippen LogP contribution is -2.66. The number of hydrogen-bond acceptors (Lipinski definition) is 34. The number of hydrogen-bond donors (Lipinski definition) is 24. The van der Waals surface area contributed by atoms with E-state index < -0.39 is 298 Å². The molecule has 8 amide bonds. The van der Waals surface area contributed by atoms with Gasteiger partial charge in [0, 0.05) is 55.0 Å². The molecule has 1 aliphatic carbocycles. The zero-order chi connectivity index (χ0) is 101. The molecule has 141 heavy (non-hydrogen) atoms. The Hall–Kier alpha value is -12.4. The van der Waals surface area contributed by atoms with Gasteiger partial charge in [0.25, 0.3) is 0 Å². The Bertz CT molecular complexity index is 5960. The number of halogens is 2. The van der Waals surface area contributed by atoms with Gasteiger partial charge in [-0.15, -0.1) is 0 Å². The number of azide groups is 1. The number of fused-ring (bicyclic) bond motifs is 11.